The minimum Gasteiger partial charge on any atom is -0.339 e. The first-order valence-corrected chi connectivity index (χ1v) is 12.3. The fraction of sp³-hybridized carbons (Fsp3) is 0.167. The van der Waals surface area contributed by atoms with Crippen molar-refractivity contribution in [3.63, 3.8) is 0 Å². The van der Waals surface area contributed by atoms with E-state index in [4.69, 9.17) is 47.0 Å². The molecule has 3 aromatic carbocycles. The van der Waals surface area contributed by atoms with Crippen LogP contribution >= 0.6 is 47.0 Å². The summed E-state index contributed by atoms with van der Waals surface area (Å²) in [7, 11) is 0. The van der Waals surface area contributed by atoms with Crippen molar-refractivity contribution in [3.8, 4) is 0 Å². The lowest BCUT2D eigenvalue weighted by molar-refractivity contribution is -0.384. The van der Waals surface area contributed by atoms with E-state index in [0.29, 0.717) is 11.4 Å². The number of nitrogens with one attached hydrogen (secondary N) is 3. The number of hydrogen-bond donors (Lipinski definition) is 3. The third kappa shape index (κ3) is 8.09. The van der Waals surface area contributed by atoms with E-state index in [-0.39, 0.29) is 16.4 Å². The summed E-state index contributed by atoms with van der Waals surface area (Å²) in [4.78, 5) is 23.0. The third-order valence-corrected chi connectivity index (χ3v) is 5.92. The normalized spacial score (nSPS) is 12.1. The molecule has 0 fully saturated rings. The molecule has 0 heterocycles. The van der Waals surface area contributed by atoms with Crippen LogP contribution in [0, 0.1) is 24.0 Å². The minimum atomic E-state index is -2.00. The van der Waals surface area contributed by atoms with Crippen LogP contribution < -0.4 is 16.0 Å². The Bertz CT molecular complexity index is 1360. The van der Waals surface area contributed by atoms with E-state index in [1.54, 1.807) is 12.1 Å². The van der Waals surface area contributed by atoms with Gasteiger partial charge in [-0.1, -0.05) is 59.1 Å². The number of amides is 1. The van der Waals surface area contributed by atoms with Crippen LogP contribution in [0.5, 0.6) is 0 Å². The second-order valence-electron chi connectivity index (χ2n) is 7.84. The number of anilines is 1. The molecule has 0 aromatic heterocycles. The summed E-state index contributed by atoms with van der Waals surface area (Å²) in [6, 6.07) is 18.2. The standard InChI is InChI=1S/C24H21Cl3N6O3S/c1-14-6-3-4-9-20(14)32-31-17-10-11-19(15(2)12-17)28-23(37)30-22(24(25,26)27)29-21(34)16-7-5-8-18(13-16)33(35)36/h3-13,22H,1-2H3,(H,29,34)(H2,28,30,37)/t22-/m1/s1. The molecule has 0 bridgehead atoms. The Hall–Kier alpha value is -3.31. The highest BCUT2D eigenvalue weighted by molar-refractivity contribution is 7.80. The molecule has 3 aromatic rings. The van der Waals surface area contributed by atoms with E-state index >= 15 is 0 Å². The highest BCUT2D eigenvalue weighted by Gasteiger charge is 2.35. The van der Waals surface area contributed by atoms with Crippen LogP contribution in [0.15, 0.2) is 77.0 Å². The smallest absolute Gasteiger partial charge is 0.270 e. The fourth-order valence-electron chi connectivity index (χ4n) is 3.10. The van der Waals surface area contributed by atoms with Crippen LogP contribution in [0.2, 0.25) is 0 Å². The van der Waals surface area contributed by atoms with Crippen molar-refractivity contribution < 1.29 is 9.72 Å². The van der Waals surface area contributed by atoms with Gasteiger partial charge in [0.05, 0.1) is 16.3 Å². The molecule has 0 aliphatic heterocycles. The number of carbonyl (C=O) groups excluding carboxylic acids is 1. The van der Waals surface area contributed by atoms with E-state index in [0.717, 1.165) is 22.9 Å². The Morgan fingerprint density at radius 2 is 1.70 bits per heavy atom. The number of aryl methyl sites for hydroxylation is 2. The lowest BCUT2D eigenvalue weighted by atomic mass is 10.2. The molecular formula is C24H21Cl3N6O3S. The van der Waals surface area contributed by atoms with Gasteiger partial charge in [-0.3, -0.25) is 14.9 Å². The predicted octanol–water partition coefficient (Wildman–Crippen LogP) is 7.04. The number of thiocarbonyl (C=S) groups is 1. The first-order valence-electron chi connectivity index (χ1n) is 10.7. The Kier molecular flexibility index (Phi) is 9.39. The van der Waals surface area contributed by atoms with Crippen molar-refractivity contribution in [2.75, 3.05) is 5.32 Å². The lowest BCUT2D eigenvalue weighted by Crippen LogP contribution is -2.56. The molecule has 0 saturated carbocycles. The molecule has 0 unspecified atom stereocenters. The zero-order valence-electron chi connectivity index (χ0n) is 19.5. The van der Waals surface area contributed by atoms with E-state index < -0.39 is 20.8 Å². The van der Waals surface area contributed by atoms with Gasteiger partial charge in [0.25, 0.3) is 11.6 Å². The maximum Gasteiger partial charge on any atom is 0.270 e. The number of nitrogens with zero attached hydrogens (tertiary/aromatic N) is 3. The van der Waals surface area contributed by atoms with E-state index in [9.17, 15) is 14.9 Å². The molecule has 13 heteroatoms. The van der Waals surface area contributed by atoms with Crippen molar-refractivity contribution in [3.05, 3.63) is 93.5 Å². The first-order chi connectivity index (χ1) is 17.4. The fourth-order valence-corrected chi connectivity index (χ4v) is 3.66. The van der Waals surface area contributed by atoms with Crippen molar-refractivity contribution in [1.82, 2.24) is 10.6 Å². The molecular weight excluding hydrogens is 559 g/mol. The molecule has 0 aliphatic carbocycles. The number of hydrogen-bond acceptors (Lipinski definition) is 6. The Balaban J connectivity index is 1.68. The van der Waals surface area contributed by atoms with Gasteiger partial charge in [-0.2, -0.15) is 10.2 Å². The van der Waals surface area contributed by atoms with Crippen LogP contribution in [0.25, 0.3) is 0 Å². The van der Waals surface area contributed by atoms with E-state index in [1.165, 1.54) is 18.2 Å². The number of non-ortho nitro benzene ring substituents is 1. The highest BCUT2D eigenvalue weighted by Crippen LogP contribution is 2.30. The summed E-state index contributed by atoms with van der Waals surface area (Å²) in [5, 5.41) is 27.9. The highest BCUT2D eigenvalue weighted by atomic mass is 35.6. The summed E-state index contributed by atoms with van der Waals surface area (Å²) >= 11 is 23.5. The van der Waals surface area contributed by atoms with Gasteiger partial charge in [-0.25, -0.2) is 0 Å². The molecule has 9 nitrogen and oxygen atoms in total. The summed E-state index contributed by atoms with van der Waals surface area (Å²) in [6.45, 7) is 3.81. The molecule has 3 N–H and O–H groups in total. The molecule has 0 radical (unpaired) electrons. The van der Waals surface area contributed by atoms with Gasteiger partial charge >= 0.3 is 0 Å². The van der Waals surface area contributed by atoms with Gasteiger partial charge in [-0.15, -0.1) is 0 Å². The Labute approximate surface area is 233 Å². The second kappa shape index (κ2) is 12.3. The zero-order valence-corrected chi connectivity index (χ0v) is 22.6. The van der Waals surface area contributed by atoms with Crippen molar-refractivity contribution in [2.45, 2.75) is 23.8 Å². The number of rotatable bonds is 7. The minimum absolute atomic E-state index is 0.0143. The number of halogens is 3. The van der Waals surface area contributed by atoms with Gasteiger partial charge in [0.15, 0.2) is 5.11 Å². The number of alkyl halides is 3. The maximum atomic E-state index is 12.7. The lowest BCUT2D eigenvalue weighted by Gasteiger charge is -2.28. The summed E-state index contributed by atoms with van der Waals surface area (Å²) < 4.78 is -2.00. The van der Waals surface area contributed by atoms with Gasteiger partial charge < -0.3 is 16.0 Å². The Morgan fingerprint density at radius 1 is 0.973 bits per heavy atom. The van der Waals surface area contributed by atoms with E-state index in [2.05, 4.69) is 26.2 Å². The first kappa shape index (κ1) is 28.3. The number of carbonyl (C=O) groups is 1. The van der Waals surface area contributed by atoms with Crippen LogP contribution in [-0.4, -0.2) is 25.9 Å². The molecule has 192 valence electrons. The van der Waals surface area contributed by atoms with Gasteiger partial charge in [0, 0.05) is 23.4 Å². The second-order valence-corrected chi connectivity index (χ2v) is 10.6. The van der Waals surface area contributed by atoms with Crippen LogP contribution in [0.3, 0.4) is 0 Å². The quantitative estimate of drug-likeness (QED) is 0.0689. The molecule has 1 amide bonds. The maximum absolute atomic E-state index is 12.7. The predicted molar refractivity (Wildman–Crippen MR) is 151 cm³/mol. The SMILES string of the molecule is Cc1ccccc1N=Nc1ccc(NC(=S)N[C@@H](NC(=O)c2cccc([N+](=O)[O-])c2)C(Cl)(Cl)Cl)c(C)c1. The number of nitro benzene ring substituents is 1. The van der Waals surface area contributed by atoms with Gasteiger partial charge in [-0.05, 0) is 67.5 Å². The third-order valence-electron chi connectivity index (χ3n) is 5.04. The molecule has 0 aliphatic rings. The number of nitro groups is 1. The molecule has 1 atom stereocenters. The average molecular weight is 580 g/mol. The van der Waals surface area contributed by atoms with Crippen molar-refractivity contribution in [1.29, 1.82) is 0 Å². The summed E-state index contributed by atoms with van der Waals surface area (Å²) in [6.07, 6.45) is -1.26. The monoisotopic (exact) mass is 578 g/mol. The molecule has 3 rings (SSSR count). The molecule has 37 heavy (non-hydrogen) atoms. The topological polar surface area (TPSA) is 121 Å². The van der Waals surface area contributed by atoms with Crippen molar-refractivity contribution in [2.24, 2.45) is 10.2 Å². The average Bonchev–Trinajstić information content (AvgIpc) is 2.84. The van der Waals surface area contributed by atoms with Crippen LogP contribution in [0.1, 0.15) is 21.5 Å². The van der Waals surface area contributed by atoms with Crippen LogP contribution in [0.4, 0.5) is 22.7 Å². The largest absolute Gasteiger partial charge is 0.339 e. The van der Waals surface area contributed by atoms with Gasteiger partial charge in [0.2, 0.25) is 3.79 Å². The zero-order chi connectivity index (χ0) is 27.2. The molecule has 0 spiro atoms. The summed E-state index contributed by atoms with van der Waals surface area (Å²) in [5.41, 5.74) is 3.67. The van der Waals surface area contributed by atoms with Gasteiger partial charge in [0.1, 0.15) is 6.17 Å². The summed E-state index contributed by atoms with van der Waals surface area (Å²) in [5.74, 6) is -0.699. The van der Waals surface area contributed by atoms with Crippen molar-refractivity contribution >= 4 is 80.8 Å². The number of benzene rings is 3. The molecule has 0 saturated heterocycles. The Morgan fingerprint density at radius 3 is 2.35 bits per heavy atom. The van der Waals surface area contributed by atoms with E-state index in [1.807, 2.05) is 44.2 Å². The van der Waals surface area contributed by atoms with Crippen LogP contribution in [-0.2, 0) is 0 Å². The number of azo groups is 1.